The first-order valence-corrected chi connectivity index (χ1v) is 7.68. The number of halogens is 1. The molecule has 2 fully saturated rings. The molecule has 4 nitrogen and oxygen atoms in total. The normalized spacial score (nSPS) is 23.4. The van der Waals surface area contributed by atoms with Crippen LogP contribution < -0.4 is 5.32 Å². The summed E-state index contributed by atoms with van der Waals surface area (Å²) in [6, 6.07) is 6.62. The van der Waals surface area contributed by atoms with E-state index in [1.54, 1.807) is 0 Å². The number of imidazole rings is 1. The van der Waals surface area contributed by atoms with E-state index in [4.69, 9.17) is 21.3 Å². The standard InChI is InChI=1S/C15H18ClN3O/c16-10-1-4-14-13(7-10)18-15(19(14)11-2-3-11)8-12-9-17-5-6-20-12/h1,4,7,11-12,17H,2-3,5-6,8-9H2. The molecule has 0 amide bonds. The van der Waals surface area contributed by atoms with Gasteiger partial charge in [0, 0.05) is 30.6 Å². The molecule has 2 aliphatic rings. The molecule has 1 aromatic carbocycles. The first-order valence-electron chi connectivity index (χ1n) is 7.30. The second-order valence-corrected chi connectivity index (χ2v) is 6.10. The summed E-state index contributed by atoms with van der Waals surface area (Å²) in [5.74, 6) is 1.14. The van der Waals surface area contributed by atoms with Gasteiger partial charge in [-0.3, -0.25) is 0 Å². The van der Waals surface area contributed by atoms with Crippen LogP contribution in [-0.2, 0) is 11.2 Å². The van der Waals surface area contributed by atoms with Gasteiger partial charge in [-0.1, -0.05) is 11.6 Å². The fraction of sp³-hybridized carbons (Fsp3) is 0.533. The second kappa shape index (κ2) is 5.02. The van der Waals surface area contributed by atoms with Gasteiger partial charge in [-0.2, -0.15) is 0 Å². The van der Waals surface area contributed by atoms with Crippen LogP contribution in [0.1, 0.15) is 24.7 Å². The summed E-state index contributed by atoms with van der Waals surface area (Å²) in [7, 11) is 0. The zero-order valence-corrected chi connectivity index (χ0v) is 12.1. The van der Waals surface area contributed by atoms with Crippen LogP contribution in [0.2, 0.25) is 5.02 Å². The molecular weight excluding hydrogens is 274 g/mol. The van der Waals surface area contributed by atoms with E-state index in [0.717, 1.165) is 42.5 Å². The van der Waals surface area contributed by atoms with Crippen LogP contribution in [-0.4, -0.2) is 35.4 Å². The zero-order chi connectivity index (χ0) is 13.5. The predicted molar refractivity (Wildman–Crippen MR) is 79.3 cm³/mol. The lowest BCUT2D eigenvalue weighted by atomic mass is 10.2. The van der Waals surface area contributed by atoms with Crippen molar-refractivity contribution >= 4 is 22.6 Å². The number of nitrogens with one attached hydrogen (secondary N) is 1. The van der Waals surface area contributed by atoms with Gasteiger partial charge in [0.2, 0.25) is 0 Å². The SMILES string of the molecule is Clc1ccc2c(c1)nc(CC1CNCCO1)n2C1CC1. The summed E-state index contributed by atoms with van der Waals surface area (Å²) in [5.41, 5.74) is 2.21. The van der Waals surface area contributed by atoms with Crippen molar-refractivity contribution in [2.75, 3.05) is 19.7 Å². The molecule has 1 atom stereocenters. The van der Waals surface area contributed by atoms with Gasteiger partial charge in [0.05, 0.1) is 23.7 Å². The monoisotopic (exact) mass is 291 g/mol. The van der Waals surface area contributed by atoms with Crippen LogP contribution in [0.3, 0.4) is 0 Å². The van der Waals surface area contributed by atoms with Crippen molar-refractivity contribution in [1.29, 1.82) is 0 Å². The molecule has 20 heavy (non-hydrogen) atoms. The van der Waals surface area contributed by atoms with Gasteiger partial charge in [-0.25, -0.2) is 4.98 Å². The number of benzene rings is 1. The molecular formula is C15H18ClN3O. The highest BCUT2D eigenvalue weighted by molar-refractivity contribution is 6.31. The maximum atomic E-state index is 6.08. The van der Waals surface area contributed by atoms with Crippen LogP contribution in [0.15, 0.2) is 18.2 Å². The van der Waals surface area contributed by atoms with Crippen molar-refractivity contribution in [2.45, 2.75) is 31.4 Å². The Labute approximate surface area is 123 Å². The van der Waals surface area contributed by atoms with Crippen LogP contribution >= 0.6 is 11.6 Å². The molecule has 2 aromatic rings. The van der Waals surface area contributed by atoms with E-state index in [1.807, 2.05) is 12.1 Å². The van der Waals surface area contributed by atoms with E-state index in [0.29, 0.717) is 6.04 Å². The van der Waals surface area contributed by atoms with Crippen molar-refractivity contribution in [3.8, 4) is 0 Å². The number of hydrogen-bond donors (Lipinski definition) is 1. The van der Waals surface area contributed by atoms with Gasteiger partial charge in [-0.05, 0) is 31.0 Å². The highest BCUT2D eigenvalue weighted by Crippen LogP contribution is 2.39. The van der Waals surface area contributed by atoms with Crippen LogP contribution in [0, 0.1) is 0 Å². The number of morpholine rings is 1. The Balaban J connectivity index is 1.71. The van der Waals surface area contributed by atoms with Crippen LogP contribution in [0.25, 0.3) is 11.0 Å². The highest BCUT2D eigenvalue weighted by Gasteiger charge is 2.29. The Bertz CT molecular complexity index is 629. The smallest absolute Gasteiger partial charge is 0.112 e. The molecule has 0 spiro atoms. The number of ether oxygens (including phenoxy) is 1. The quantitative estimate of drug-likeness (QED) is 0.945. The zero-order valence-electron chi connectivity index (χ0n) is 11.3. The van der Waals surface area contributed by atoms with Gasteiger partial charge in [0.1, 0.15) is 5.82 Å². The maximum absolute atomic E-state index is 6.08. The van der Waals surface area contributed by atoms with E-state index < -0.39 is 0 Å². The number of rotatable bonds is 3. The molecule has 1 aliphatic carbocycles. The van der Waals surface area contributed by atoms with E-state index in [1.165, 1.54) is 18.4 Å². The molecule has 1 aliphatic heterocycles. The number of aromatic nitrogens is 2. The topological polar surface area (TPSA) is 39.1 Å². The lowest BCUT2D eigenvalue weighted by Gasteiger charge is -2.23. The third-order valence-corrected chi connectivity index (χ3v) is 4.29. The minimum atomic E-state index is 0.230. The fourth-order valence-corrected chi connectivity index (χ4v) is 3.13. The molecule has 1 saturated carbocycles. The first kappa shape index (κ1) is 12.6. The Morgan fingerprint density at radius 1 is 1.40 bits per heavy atom. The Hall–Kier alpha value is -1.10. The third kappa shape index (κ3) is 2.32. The largest absolute Gasteiger partial charge is 0.375 e. The third-order valence-electron chi connectivity index (χ3n) is 4.05. The van der Waals surface area contributed by atoms with Gasteiger partial charge < -0.3 is 14.6 Å². The minimum Gasteiger partial charge on any atom is -0.375 e. The van der Waals surface area contributed by atoms with Gasteiger partial charge in [0.15, 0.2) is 0 Å². The van der Waals surface area contributed by atoms with Crippen molar-refractivity contribution in [3.63, 3.8) is 0 Å². The van der Waals surface area contributed by atoms with Crippen LogP contribution in [0.5, 0.6) is 0 Å². The van der Waals surface area contributed by atoms with Gasteiger partial charge in [-0.15, -0.1) is 0 Å². The van der Waals surface area contributed by atoms with Gasteiger partial charge >= 0.3 is 0 Å². The van der Waals surface area contributed by atoms with E-state index in [2.05, 4.69) is 16.0 Å². The number of fused-ring (bicyclic) bond motifs is 1. The van der Waals surface area contributed by atoms with E-state index >= 15 is 0 Å². The summed E-state index contributed by atoms with van der Waals surface area (Å²) < 4.78 is 8.21. The minimum absolute atomic E-state index is 0.230. The molecule has 1 aromatic heterocycles. The molecule has 1 N–H and O–H groups in total. The summed E-state index contributed by atoms with van der Waals surface area (Å²) in [6.07, 6.45) is 3.61. The summed E-state index contributed by atoms with van der Waals surface area (Å²) in [6.45, 7) is 2.65. The van der Waals surface area contributed by atoms with Crippen molar-refractivity contribution in [3.05, 3.63) is 29.0 Å². The highest BCUT2D eigenvalue weighted by atomic mass is 35.5. The maximum Gasteiger partial charge on any atom is 0.112 e. The molecule has 5 heteroatoms. The lowest BCUT2D eigenvalue weighted by molar-refractivity contribution is 0.0276. The molecule has 1 unspecified atom stereocenters. The molecule has 4 rings (SSSR count). The second-order valence-electron chi connectivity index (χ2n) is 5.66. The van der Waals surface area contributed by atoms with Gasteiger partial charge in [0.25, 0.3) is 0 Å². The number of nitrogens with zero attached hydrogens (tertiary/aromatic N) is 2. The Kier molecular flexibility index (Phi) is 3.17. The molecule has 2 heterocycles. The number of hydrogen-bond acceptors (Lipinski definition) is 3. The first-order chi connectivity index (χ1) is 9.81. The molecule has 1 saturated heterocycles. The molecule has 0 radical (unpaired) electrons. The lowest BCUT2D eigenvalue weighted by Crippen LogP contribution is -2.40. The Morgan fingerprint density at radius 3 is 3.05 bits per heavy atom. The van der Waals surface area contributed by atoms with E-state index in [9.17, 15) is 0 Å². The average Bonchev–Trinajstić information content (AvgIpc) is 3.22. The van der Waals surface area contributed by atoms with E-state index in [-0.39, 0.29) is 6.10 Å². The van der Waals surface area contributed by atoms with Crippen molar-refractivity contribution in [2.24, 2.45) is 0 Å². The van der Waals surface area contributed by atoms with Crippen LogP contribution in [0.4, 0.5) is 0 Å². The Morgan fingerprint density at radius 2 is 2.30 bits per heavy atom. The summed E-state index contributed by atoms with van der Waals surface area (Å²) >= 11 is 6.08. The van der Waals surface area contributed by atoms with Crippen molar-refractivity contribution in [1.82, 2.24) is 14.9 Å². The summed E-state index contributed by atoms with van der Waals surface area (Å²) in [4.78, 5) is 4.80. The fourth-order valence-electron chi connectivity index (χ4n) is 2.96. The molecule has 106 valence electrons. The molecule has 0 bridgehead atoms. The predicted octanol–water partition coefficient (Wildman–Crippen LogP) is 2.56. The average molecular weight is 292 g/mol. The van der Waals surface area contributed by atoms with Crippen molar-refractivity contribution < 1.29 is 4.74 Å². The summed E-state index contributed by atoms with van der Waals surface area (Å²) in [5, 5.41) is 4.13.